The third kappa shape index (κ3) is 3.69. The fraction of sp³-hybridized carbons (Fsp3) is 1.00. The van der Waals surface area contributed by atoms with Crippen molar-refractivity contribution >= 4 is 0 Å². The van der Waals surface area contributed by atoms with Crippen molar-refractivity contribution in [2.24, 2.45) is 11.8 Å². The topological polar surface area (TPSA) is 15.3 Å². The lowest BCUT2D eigenvalue weighted by atomic mass is 9.82. The molecule has 1 saturated heterocycles. The smallest absolute Gasteiger partial charge is 0.0223 e. The third-order valence-corrected chi connectivity index (χ3v) is 4.69. The van der Waals surface area contributed by atoms with Crippen molar-refractivity contribution in [3.63, 3.8) is 0 Å². The molecule has 2 heteroatoms. The molecule has 2 nitrogen and oxygen atoms in total. The predicted molar refractivity (Wildman–Crippen MR) is 74.2 cm³/mol. The predicted octanol–water partition coefficient (Wildman–Crippen LogP) is 2.89. The van der Waals surface area contributed by atoms with Gasteiger partial charge in [0.05, 0.1) is 0 Å². The molecule has 2 unspecified atom stereocenters. The Hall–Kier alpha value is -0.0800. The number of nitrogens with one attached hydrogen (secondary N) is 1. The summed E-state index contributed by atoms with van der Waals surface area (Å²) in [6, 6.07) is 1.53. The largest absolute Gasteiger partial charge is 0.311 e. The van der Waals surface area contributed by atoms with Gasteiger partial charge in [-0.1, -0.05) is 33.1 Å². The van der Waals surface area contributed by atoms with E-state index < -0.39 is 0 Å². The van der Waals surface area contributed by atoms with Crippen LogP contribution < -0.4 is 5.32 Å². The van der Waals surface area contributed by atoms with E-state index in [2.05, 4.69) is 31.1 Å². The second-order valence-corrected chi connectivity index (χ2v) is 6.64. The summed E-state index contributed by atoms with van der Waals surface area (Å²) in [5.41, 5.74) is 0. The highest BCUT2D eigenvalue weighted by atomic mass is 15.2. The van der Waals surface area contributed by atoms with E-state index in [-0.39, 0.29) is 0 Å². The lowest BCUT2D eigenvalue weighted by Gasteiger charge is -2.42. The fourth-order valence-corrected chi connectivity index (χ4v) is 3.63. The number of piperazine rings is 1. The van der Waals surface area contributed by atoms with Crippen molar-refractivity contribution in [2.75, 3.05) is 20.1 Å². The van der Waals surface area contributed by atoms with E-state index in [1.165, 1.54) is 51.6 Å². The molecule has 100 valence electrons. The van der Waals surface area contributed by atoms with Crippen LogP contribution in [0, 0.1) is 11.8 Å². The fourth-order valence-electron chi connectivity index (χ4n) is 3.63. The molecule has 0 amide bonds. The summed E-state index contributed by atoms with van der Waals surface area (Å²) >= 11 is 0. The summed E-state index contributed by atoms with van der Waals surface area (Å²) in [4.78, 5) is 2.61. The first kappa shape index (κ1) is 13.4. The number of hydrogen-bond acceptors (Lipinski definition) is 2. The van der Waals surface area contributed by atoms with Gasteiger partial charge in [-0.25, -0.2) is 0 Å². The van der Waals surface area contributed by atoms with Gasteiger partial charge in [0.15, 0.2) is 0 Å². The number of hydrogen-bond donors (Lipinski definition) is 1. The lowest BCUT2D eigenvalue weighted by Crippen LogP contribution is -2.57. The van der Waals surface area contributed by atoms with Crippen LogP contribution in [0.4, 0.5) is 0 Å². The summed E-state index contributed by atoms with van der Waals surface area (Å²) in [7, 11) is 2.32. The van der Waals surface area contributed by atoms with Crippen molar-refractivity contribution in [2.45, 2.75) is 64.5 Å². The maximum atomic E-state index is 3.83. The molecule has 2 rings (SSSR count). The van der Waals surface area contributed by atoms with E-state index in [4.69, 9.17) is 0 Å². The first-order valence-electron chi connectivity index (χ1n) is 7.60. The van der Waals surface area contributed by atoms with E-state index in [1.807, 2.05) is 0 Å². The van der Waals surface area contributed by atoms with E-state index in [9.17, 15) is 0 Å². The molecular weight excluding hydrogens is 208 g/mol. The van der Waals surface area contributed by atoms with Gasteiger partial charge in [-0.05, 0) is 38.1 Å². The van der Waals surface area contributed by atoms with Crippen molar-refractivity contribution < 1.29 is 0 Å². The molecule has 17 heavy (non-hydrogen) atoms. The Bertz CT molecular complexity index is 221. The first-order valence-corrected chi connectivity index (χ1v) is 7.60. The number of rotatable bonds is 3. The monoisotopic (exact) mass is 238 g/mol. The quantitative estimate of drug-likeness (QED) is 0.813. The third-order valence-electron chi connectivity index (χ3n) is 4.69. The Morgan fingerprint density at radius 1 is 1.18 bits per heavy atom. The van der Waals surface area contributed by atoms with Crippen LogP contribution in [0.5, 0.6) is 0 Å². The number of likely N-dealkylation sites (N-methyl/N-ethyl adjacent to an activating group) is 1. The number of nitrogens with zero attached hydrogens (tertiary/aromatic N) is 1. The van der Waals surface area contributed by atoms with Crippen LogP contribution in [0.15, 0.2) is 0 Å². The summed E-state index contributed by atoms with van der Waals surface area (Å²) in [5.74, 6) is 1.77. The van der Waals surface area contributed by atoms with E-state index >= 15 is 0 Å². The van der Waals surface area contributed by atoms with E-state index in [0.29, 0.717) is 0 Å². The average molecular weight is 238 g/mol. The Kier molecular flexibility index (Phi) is 4.87. The summed E-state index contributed by atoms with van der Waals surface area (Å²) in [5, 5.41) is 3.83. The van der Waals surface area contributed by atoms with Gasteiger partial charge < -0.3 is 10.2 Å². The molecule has 0 radical (unpaired) electrons. The van der Waals surface area contributed by atoms with E-state index in [0.717, 1.165) is 23.9 Å². The Morgan fingerprint density at radius 2 is 1.88 bits per heavy atom. The van der Waals surface area contributed by atoms with Gasteiger partial charge in [0.1, 0.15) is 0 Å². The average Bonchev–Trinajstić information content (AvgIpc) is 2.32. The van der Waals surface area contributed by atoms with Crippen LogP contribution in [-0.2, 0) is 0 Å². The van der Waals surface area contributed by atoms with Gasteiger partial charge in [0.2, 0.25) is 0 Å². The van der Waals surface area contributed by atoms with E-state index in [1.54, 1.807) is 0 Å². The lowest BCUT2D eigenvalue weighted by molar-refractivity contribution is 0.108. The second-order valence-electron chi connectivity index (χ2n) is 6.64. The first-order chi connectivity index (χ1) is 8.16. The zero-order chi connectivity index (χ0) is 12.3. The molecular formula is C15H30N2. The van der Waals surface area contributed by atoms with Gasteiger partial charge in [0, 0.05) is 25.2 Å². The summed E-state index contributed by atoms with van der Waals surface area (Å²) in [6.45, 7) is 7.14. The molecule has 1 aliphatic carbocycles. The van der Waals surface area contributed by atoms with Gasteiger partial charge in [-0.2, -0.15) is 0 Å². The van der Waals surface area contributed by atoms with Crippen LogP contribution in [0.1, 0.15) is 52.4 Å². The van der Waals surface area contributed by atoms with Gasteiger partial charge in [-0.15, -0.1) is 0 Å². The zero-order valence-corrected chi connectivity index (χ0v) is 11.9. The van der Waals surface area contributed by atoms with Crippen LogP contribution in [0.2, 0.25) is 0 Å². The van der Waals surface area contributed by atoms with Gasteiger partial charge >= 0.3 is 0 Å². The minimum Gasteiger partial charge on any atom is -0.311 e. The van der Waals surface area contributed by atoms with Gasteiger partial charge in [-0.3, -0.25) is 0 Å². The van der Waals surface area contributed by atoms with Crippen molar-refractivity contribution in [3.05, 3.63) is 0 Å². The molecule has 2 atom stereocenters. The zero-order valence-electron chi connectivity index (χ0n) is 11.9. The highest BCUT2D eigenvalue weighted by Crippen LogP contribution is 2.28. The molecule has 1 saturated carbocycles. The molecule has 0 aromatic carbocycles. The van der Waals surface area contributed by atoms with Crippen LogP contribution >= 0.6 is 0 Å². The molecule has 0 spiro atoms. The second kappa shape index (κ2) is 6.19. The maximum Gasteiger partial charge on any atom is 0.0223 e. The Morgan fingerprint density at radius 3 is 2.47 bits per heavy atom. The van der Waals surface area contributed by atoms with Gasteiger partial charge in [0.25, 0.3) is 0 Å². The highest BCUT2D eigenvalue weighted by molar-refractivity contribution is 4.89. The Labute approximate surface area is 107 Å². The van der Waals surface area contributed by atoms with Crippen molar-refractivity contribution in [1.29, 1.82) is 0 Å². The molecule has 2 aliphatic rings. The van der Waals surface area contributed by atoms with Crippen molar-refractivity contribution in [3.8, 4) is 0 Å². The van der Waals surface area contributed by atoms with Crippen molar-refractivity contribution in [1.82, 2.24) is 10.2 Å². The van der Waals surface area contributed by atoms with Crippen LogP contribution in [0.3, 0.4) is 0 Å². The molecule has 1 heterocycles. The Balaban J connectivity index is 1.81. The summed E-state index contributed by atoms with van der Waals surface area (Å²) in [6.07, 6.45) is 8.64. The standard InChI is InChI=1S/C15H30N2/c1-12(2)9-14-10-16-15(11-17(14)3)13-7-5-4-6-8-13/h12-16H,4-11H2,1-3H3. The molecule has 1 N–H and O–H groups in total. The molecule has 0 bridgehead atoms. The van der Waals surface area contributed by atoms with Crippen LogP contribution in [0.25, 0.3) is 0 Å². The summed E-state index contributed by atoms with van der Waals surface area (Å²) < 4.78 is 0. The molecule has 0 aromatic heterocycles. The SMILES string of the molecule is CC(C)CC1CNC(C2CCCCC2)CN1C. The van der Waals surface area contributed by atoms with Crippen LogP contribution in [-0.4, -0.2) is 37.1 Å². The normalized spacial score (nSPS) is 33.2. The minimum atomic E-state index is 0.759. The molecule has 0 aromatic rings. The minimum absolute atomic E-state index is 0.759. The molecule has 2 fully saturated rings. The molecule has 1 aliphatic heterocycles. The highest BCUT2D eigenvalue weighted by Gasteiger charge is 2.30. The maximum absolute atomic E-state index is 3.83.